The molecule has 0 fully saturated rings. The van der Waals surface area contributed by atoms with Gasteiger partial charge in [-0.15, -0.1) is 0 Å². The van der Waals surface area contributed by atoms with Gasteiger partial charge >= 0.3 is 0 Å². The van der Waals surface area contributed by atoms with Crippen LogP contribution >= 0.6 is 15.9 Å². The molecule has 0 saturated carbocycles. The zero-order valence-corrected chi connectivity index (χ0v) is 14.2. The zero-order chi connectivity index (χ0) is 18.0. The van der Waals surface area contributed by atoms with Crippen molar-refractivity contribution in [3.05, 3.63) is 81.7 Å². The molecular weight excluding hydrogens is 390 g/mol. The van der Waals surface area contributed by atoms with Crippen molar-refractivity contribution in [1.82, 2.24) is 9.97 Å². The van der Waals surface area contributed by atoms with Crippen molar-refractivity contribution in [2.45, 2.75) is 0 Å². The summed E-state index contributed by atoms with van der Waals surface area (Å²) in [7, 11) is 0. The standard InChI is InChI=1S/C9H4BrFN2.C9H5FN2/c1-12-9-2-5-6(10)4-13-8(5)3-7(9)11;1-11-9-4-6-2-3-12-8(6)5-7(9)10/h2-4,13H;2-5,12H. The number of rotatable bonds is 0. The van der Waals surface area contributed by atoms with E-state index in [9.17, 15) is 8.78 Å². The van der Waals surface area contributed by atoms with Crippen molar-refractivity contribution >= 4 is 49.1 Å². The van der Waals surface area contributed by atoms with Crippen molar-refractivity contribution in [2.24, 2.45) is 0 Å². The third kappa shape index (κ3) is 3.23. The van der Waals surface area contributed by atoms with Gasteiger partial charge in [0.05, 0.1) is 13.1 Å². The molecule has 0 saturated heterocycles. The van der Waals surface area contributed by atoms with Crippen LogP contribution in [-0.4, -0.2) is 9.97 Å². The number of halogens is 3. The molecule has 4 aromatic rings. The molecule has 2 heterocycles. The Bertz CT molecular complexity index is 1160. The molecule has 0 atom stereocenters. The molecule has 0 radical (unpaired) electrons. The van der Waals surface area contributed by atoms with E-state index in [2.05, 4.69) is 35.6 Å². The van der Waals surface area contributed by atoms with E-state index < -0.39 is 11.6 Å². The first-order valence-corrected chi connectivity index (χ1v) is 7.80. The molecule has 0 amide bonds. The van der Waals surface area contributed by atoms with Gasteiger partial charge in [-0.2, -0.15) is 0 Å². The molecule has 4 rings (SSSR count). The van der Waals surface area contributed by atoms with Gasteiger partial charge in [-0.25, -0.2) is 18.5 Å². The van der Waals surface area contributed by atoms with Crippen LogP contribution in [0.1, 0.15) is 0 Å². The first-order valence-electron chi connectivity index (χ1n) is 7.01. The van der Waals surface area contributed by atoms with Gasteiger partial charge in [0, 0.05) is 33.3 Å². The Morgan fingerprint density at radius 2 is 1.52 bits per heavy atom. The van der Waals surface area contributed by atoms with E-state index in [1.807, 2.05) is 6.07 Å². The topological polar surface area (TPSA) is 40.3 Å². The SMILES string of the molecule is [C-]#[N+]c1cc2c(Br)c[nH]c2cc1F.[C-]#[N+]c1cc2cc[nH]c2cc1F. The number of fused-ring (bicyclic) bond motifs is 2. The van der Waals surface area contributed by atoms with E-state index in [1.165, 1.54) is 24.3 Å². The molecule has 25 heavy (non-hydrogen) atoms. The van der Waals surface area contributed by atoms with Crippen molar-refractivity contribution < 1.29 is 8.78 Å². The van der Waals surface area contributed by atoms with E-state index in [1.54, 1.807) is 12.4 Å². The Morgan fingerprint density at radius 1 is 0.880 bits per heavy atom. The zero-order valence-electron chi connectivity index (χ0n) is 12.6. The minimum Gasteiger partial charge on any atom is -0.361 e. The maximum Gasteiger partial charge on any atom is 0.222 e. The molecular formula is C18H9BrF2N4. The average molecular weight is 399 g/mol. The third-order valence-electron chi connectivity index (χ3n) is 3.56. The minimum atomic E-state index is -0.489. The molecule has 2 aromatic carbocycles. The molecule has 0 aliphatic heterocycles. The summed E-state index contributed by atoms with van der Waals surface area (Å²) in [5.41, 5.74) is 1.53. The fraction of sp³-hybridized carbons (Fsp3) is 0. The van der Waals surface area contributed by atoms with Crippen LogP contribution in [0.3, 0.4) is 0 Å². The van der Waals surface area contributed by atoms with E-state index in [-0.39, 0.29) is 11.4 Å². The van der Waals surface area contributed by atoms with E-state index in [0.29, 0.717) is 5.52 Å². The number of benzene rings is 2. The summed E-state index contributed by atoms with van der Waals surface area (Å²) < 4.78 is 26.9. The highest BCUT2D eigenvalue weighted by atomic mass is 79.9. The molecule has 0 unspecified atom stereocenters. The molecule has 0 spiro atoms. The largest absolute Gasteiger partial charge is 0.361 e. The van der Waals surface area contributed by atoms with Gasteiger partial charge < -0.3 is 9.97 Å². The summed E-state index contributed by atoms with van der Waals surface area (Å²) in [5.74, 6) is -0.961. The van der Waals surface area contributed by atoms with Crippen LogP contribution in [-0.2, 0) is 0 Å². The van der Waals surface area contributed by atoms with Crippen molar-refractivity contribution in [1.29, 1.82) is 0 Å². The fourth-order valence-corrected chi connectivity index (χ4v) is 2.77. The predicted octanol–water partition coefficient (Wildman–Crippen LogP) is 6.48. The Kier molecular flexibility index (Phi) is 4.51. The summed E-state index contributed by atoms with van der Waals surface area (Å²) in [6.45, 7) is 13.4. The number of hydrogen-bond acceptors (Lipinski definition) is 0. The highest BCUT2D eigenvalue weighted by Crippen LogP contribution is 2.29. The monoisotopic (exact) mass is 398 g/mol. The van der Waals surface area contributed by atoms with Crippen molar-refractivity contribution in [3.63, 3.8) is 0 Å². The van der Waals surface area contributed by atoms with E-state index in [4.69, 9.17) is 13.1 Å². The van der Waals surface area contributed by atoms with Gasteiger partial charge in [0.25, 0.3) is 0 Å². The third-order valence-corrected chi connectivity index (χ3v) is 4.22. The molecule has 2 aromatic heterocycles. The van der Waals surface area contributed by atoms with Gasteiger partial charge in [-0.3, -0.25) is 0 Å². The fourth-order valence-electron chi connectivity index (χ4n) is 2.33. The normalized spacial score (nSPS) is 10.1. The van der Waals surface area contributed by atoms with Gasteiger partial charge in [0.2, 0.25) is 11.4 Å². The molecule has 0 bridgehead atoms. The lowest BCUT2D eigenvalue weighted by atomic mass is 10.2. The summed E-state index contributed by atoms with van der Waals surface area (Å²) in [6, 6.07) is 7.53. The second-order valence-corrected chi connectivity index (χ2v) is 5.93. The number of nitrogens with zero attached hydrogens (tertiary/aromatic N) is 2. The second kappa shape index (κ2) is 6.76. The van der Waals surface area contributed by atoms with Crippen LogP contribution in [0.5, 0.6) is 0 Å². The maximum absolute atomic E-state index is 13.1. The quantitative estimate of drug-likeness (QED) is 0.318. The number of aromatic nitrogens is 2. The first-order chi connectivity index (χ1) is 12.0. The summed E-state index contributed by atoms with van der Waals surface area (Å²) in [5, 5.41) is 1.69. The molecule has 0 aliphatic rings. The second-order valence-electron chi connectivity index (χ2n) is 5.08. The Morgan fingerprint density at radius 3 is 2.20 bits per heavy atom. The van der Waals surface area contributed by atoms with Crippen molar-refractivity contribution in [2.75, 3.05) is 0 Å². The molecule has 122 valence electrons. The number of nitrogens with one attached hydrogen (secondary N) is 2. The minimum absolute atomic E-state index is 0.0489. The summed E-state index contributed by atoms with van der Waals surface area (Å²) >= 11 is 3.30. The Labute approximate surface area is 149 Å². The smallest absolute Gasteiger partial charge is 0.222 e. The van der Waals surface area contributed by atoms with Gasteiger partial charge in [-0.1, -0.05) is 0 Å². The van der Waals surface area contributed by atoms with E-state index in [0.717, 1.165) is 20.8 Å². The van der Waals surface area contributed by atoms with Crippen molar-refractivity contribution in [3.8, 4) is 0 Å². The maximum atomic E-state index is 13.1. The molecule has 2 N–H and O–H groups in total. The lowest BCUT2D eigenvalue weighted by molar-refractivity contribution is 0.635. The lowest BCUT2D eigenvalue weighted by Crippen LogP contribution is -1.74. The van der Waals surface area contributed by atoms with Crippen LogP contribution in [0.4, 0.5) is 20.2 Å². The molecule has 0 aliphatic carbocycles. The average Bonchev–Trinajstić information content (AvgIpc) is 3.20. The van der Waals surface area contributed by atoms with Gasteiger partial charge in [-0.05, 0) is 51.6 Å². The van der Waals surface area contributed by atoms with Gasteiger partial charge in [0.15, 0.2) is 0 Å². The number of aromatic amines is 2. The first kappa shape index (κ1) is 16.7. The predicted molar refractivity (Wildman–Crippen MR) is 96.7 cm³/mol. The number of H-pyrrole nitrogens is 2. The summed E-state index contributed by atoms with van der Waals surface area (Å²) in [4.78, 5) is 11.9. The van der Waals surface area contributed by atoms with Gasteiger partial charge in [0.1, 0.15) is 11.6 Å². The summed E-state index contributed by atoms with van der Waals surface area (Å²) in [6.07, 6.45) is 3.44. The van der Waals surface area contributed by atoms with Crippen LogP contribution in [0.25, 0.3) is 31.5 Å². The number of hydrogen-bond donors (Lipinski definition) is 2. The van der Waals surface area contributed by atoms with Crippen LogP contribution in [0.2, 0.25) is 0 Å². The lowest BCUT2D eigenvalue weighted by Gasteiger charge is -1.94. The van der Waals surface area contributed by atoms with E-state index >= 15 is 0 Å². The van der Waals surface area contributed by atoms with Crippen LogP contribution in [0, 0.1) is 24.8 Å². The Hall–Kier alpha value is -3.16. The Balaban J connectivity index is 0.000000146. The molecule has 4 nitrogen and oxygen atoms in total. The highest BCUT2D eigenvalue weighted by Gasteiger charge is 2.07. The highest BCUT2D eigenvalue weighted by molar-refractivity contribution is 9.10. The molecule has 7 heteroatoms. The van der Waals surface area contributed by atoms with Crippen LogP contribution in [0.15, 0.2) is 47.2 Å². The van der Waals surface area contributed by atoms with Crippen LogP contribution < -0.4 is 0 Å².